The Morgan fingerprint density at radius 3 is 2.06 bits per heavy atom. The Hall–Kier alpha value is -2.88. The zero-order chi connectivity index (χ0) is 26.1. The standard InChI is InChI=1S/C23H25FN2O.C3H8.2C2H6/c1-4-9-19-16(2)25-23(20-12-8-13-21(24)22(20)27)26(17(19)3)15-14-18-10-6-5-7-11-18;1-3-2;2*1-2/h5-8,10-13,27H,3-4,9,14-15H2,1-2H3;3H2,1-2H3;2*1-2H3. The molecule has 0 fully saturated rings. The van der Waals surface area contributed by atoms with Crippen molar-refractivity contribution < 1.29 is 9.50 Å². The molecule has 0 unspecified atom stereocenters. The van der Waals surface area contributed by atoms with Crippen LogP contribution in [-0.2, 0) is 6.42 Å². The number of allylic oxidation sites excluding steroid dienone is 2. The first-order valence-electron chi connectivity index (χ1n) is 12.7. The van der Waals surface area contributed by atoms with Crippen LogP contribution in [0.25, 0.3) is 0 Å². The normalized spacial score (nSPS) is 12.4. The maximum Gasteiger partial charge on any atom is 0.165 e. The number of phenols is 1. The second-order valence-corrected chi connectivity index (χ2v) is 7.43. The van der Waals surface area contributed by atoms with E-state index in [4.69, 9.17) is 4.99 Å². The van der Waals surface area contributed by atoms with Crippen LogP contribution >= 0.6 is 0 Å². The van der Waals surface area contributed by atoms with Gasteiger partial charge in [0.1, 0.15) is 5.84 Å². The van der Waals surface area contributed by atoms with Gasteiger partial charge in [-0.2, -0.15) is 0 Å². The van der Waals surface area contributed by atoms with Crippen LogP contribution in [0.15, 0.2) is 77.1 Å². The molecule has 0 bridgehead atoms. The average Bonchev–Trinajstić information content (AvgIpc) is 2.86. The van der Waals surface area contributed by atoms with E-state index in [1.54, 1.807) is 12.1 Å². The molecule has 0 spiro atoms. The minimum Gasteiger partial charge on any atom is -0.504 e. The first-order valence-corrected chi connectivity index (χ1v) is 12.7. The van der Waals surface area contributed by atoms with Crippen molar-refractivity contribution in [3.8, 4) is 5.75 Å². The molecule has 1 N–H and O–H groups in total. The van der Waals surface area contributed by atoms with Crippen molar-refractivity contribution >= 4 is 5.84 Å². The average molecular weight is 469 g/mol. The highest BCUT2D eigenvalue weighted by molar-refractivity contribution is 6.03. The molecule has 34 heavy (non-hydrogen) atoms. The van der Waals surface area contributed by atoms with Crippen molar-refractivity contribution in [3.05, 3.63) is 89.0 Å². The summed E-state index contributed by atoms with van der Waals surface area (Å²) in [5.74, 6) is -0.476. The van der Waals surface area contributed by atoms with Gasteiger partial charge in [0.15, 0.2) is 11.6 Å². The molecule has 3 nitrogen and oxygen atoms in total. The second-order valence-electron chi connectivity index (χ2n) is 7.43. The Bertz CT molecular complexity index is 917. The number of aliphatic imine (C=N–C) groups is 1. The van der Waals surface area contributed by atoms with E-state index < -0.39 is 5.82 Å². The zero-order valence-electron chi connectivity index (χ0n) is 22.6. The topological polar surface area (TPSA) is 35.8 Å². The molecule has 0 atom stereocenters. The number of hydrogen-bond acceptors (Lipinski definition) is 3. The van der Waals surface area contributed by atoms with Crippen molar-refractivity contribution in [2.75, 3.05) is 6.54 Å². The number of benzene rings is 2. The molecule has 2 aromatic rings. The van der Waals surface area contributed by atoms with Crippen molar-refractivity contribution in [2.24, 2.45) is 4.99 Å². The number of amidine groups is 1. The van der Waals surface area contributed by atoms with Crippen molar-refractivity contribution in [2.45, 2.75) is 81.1 Å². The molecule has 4 heteroatoms. The van der Waals surface area contributed by atoms with Crippen LogP contribution in [0.5, 0.6) is 5.75 Å². The number of phenolic OH excluding ortho intramolecular Hbond substituents is 1. The summed E-state index contributed by atoms with van der Waals surface area (Å²) in [6, 6.07) is 14.7. The minimum atomic E-state index is -0.648. The molecular weight excluding hydrogens is 423 g/mol. The van der Waals surface area contributed by atoms with E-state index in [9.17, 15) is 9.50 Å². The summed E-state index contributed by atoms with van der Waals surface area (Å²) in [7, 11) is 0. The van der Waals surface area contributed by atoms with E-state index in [1.165, 1.54) is 18.1 Å². The van der Waals surface area contributed by atoms with Gasteiger partial charge in [-0.15, -0.1) is 0 Å². The van der Waals surface area contributed by atoms with E-state index in [-0.39, 0.29) is 5.75 Å². The number of halogens is 1. The lowest BCUT2D eigenvalue weighted by Gasteiger charge is -2.34. The molecule has 1 heterocycles. The van der Waals surface area contributed by atoms with Gasteiger partial charge in [0, 0.05) is 17.9 Å². The fourth-order valence-corrected chi connectivity index (χ4v) is 3.39. The molecule has 0 radical (unpaired) electrons. The van der Waals surface area contributed by atoms with Crippen LogP contribution in [-0.4, -0.2) is 22.4 Å². The van der Waals surface area contributed by atoms with Gasteiger partial charge in [-0.05, 0) is 43.0 Å². The summed E-state index contributed by atoms with van der Waals surface area (Å²) in [6.45, 7) is 21.3. The van der Waals surface area contributed by atoms with Crippen LogP contribution in [0.4, 0.5) is 4.39 Å². The Labute approximate surface area is 207 Å². The van der Waals surface area contributed by atoms with E-state index in [0.717, 1.165) is 36.2 Å². The molecule has 1 aliphatic heterocycles. The lowest BCUT2D eigenvalue weighted by Crippen LogP contribution is -2.36. The van der Waals surface area contributed by atoms with E-state index in [1.807, 2.05) is 57.7 Å². The van der Waals surface area contributed by atoms with Gasteiger partial charge in [0.05, 0.1) is 5.56 Å². The second kappa shape index (κ2) is 17.6. The van der Waals surface area contributed by atoms with Crippen molar-refractivity contribution in [1.82, 2.24) is 4.90 Å². The first kappa shape index (κ1) is 31.1. The maximum absolute atomic E-state index is 13.9. The van der Waals surface area contributed by atoms with Gasteiger partial charge in [0.2, 0.25) is 0 Å². The van der Waals surface area contributed by atoms with Gasteiger partial charge in [-0.1, -0.05) is 104 Å². The highest BCUT2D eigenvalue weighted by Gasteiger charge is 2.27. The first-order chi connectivity index (χ1) is 16.4. The summed E-state index contributed by atoms with van der Waals surface area (Å²) in [5, 5.41) is 10.3. The smallest absolute Gasteiger partial charge is 0.165 e. The number of para-hydroxylation sites is 1. The molecule has 0 aromatic heterocycles. The summed E-state index contributed by atoms with van der Waals surface area (Å²) in [5.41, 5.74) is 4.45. The molecule has 3 rings (SSSR count). The molecule has 0 amide bonds. The van der Waals surface area contributed by atoms with Crippen LogP contribution in [0.3, 0.4) is 0 Å². The number of nitrogens with zero attached hydrogens (tertiary/aromatic N) is 2. The molecule has 188 valence electrons. The lowest BCUT2D eigenvalue weighted by molar-refractivity contribution is 0.428. The number of rotatable bonds is 6. The third-order valence-corrected chi connectivity index (χ3v) is 4.83. The molecule has 2 aromatic carbocycles. The molecule has 0 saturated carbocycles. The summed E-state index contributed by atoms with van der Waals surface area (Å²) in [4.78, 5) is 6.73. The Kier molecular flexibility index (Phi) is 16.1. The van der Waals surface area contributed by atoms with Gasteiger partial charge in [-0.3, -0.25) is 0 Å². The monoisotopic (exact) mass is 468 g/mol. The van der Waals surface area contributed by atoms with Crippen molar-refractivity contribution in [1.29, 1.82) is 0 Å². The van der Waals surface area contributed by atoms with E-state index in [0.29, 0.717) is 17.9 Å². The highest BCUT2D eigenvalue weighted by atomic mass is 19.1. The summed E-state index contributed by atoms with van der Waals surface area (Å²) in [6.07, 6.45) is 3.93. The van der Waals surface area contributed by atoms with Crippen molar-refractivity contribution in [3.63, 3.8) is 0 Å². The highest BCUT2D eigenvalue weighted by Crippen LogP contribution is 2.33. The Balaban J connectivity index is 0.00000141. The number of aromatic hydroxyl groups is 1. The lowest BCUT2D eigenvalue weighted by atomic mass is 10.00. The predicted molar refractivity (Wildman–Crippen MR) is 147 cm³/mol. The molecular formula is C30H45FN2O. The quantitative estimate of drug-likeness (QED) is 0.459. The van der Waals surface area contributed by atoms with E-state index >= 15 is 0 Å². The van der Waals surface area contributed by atoms with Gasteiger partial charge in [-0.25, -0.2) is 9.38 Å². The van der Waals surface area contributed by atoms with Gasteiger partial charge >= 0.3 is 0 Å². The van der Waals surface area contributed by atoms with Crippen LogP contribution < -0.4 is 0 Å². The fraction of sp³-hybridized carbons (Fsp3) is 0.433. The SMILES string of the molecule is C=C1C(CCC)=C(C)N=C(c2cccc(F)c2O)N1CCc1ccccc1.CC.CC.CCC. The Morgan fingerprint density at radius 2 is 1.50 bits per heavy atom. The molecule has 1 aliphatic rings. The Morgan fingerprint density at radius 1 is 0.912 bits per heavy atom. The van der Waals surface area contributed by atoms with Gasteiger partial charge in [0.25, 0.3) is 0 Å². The third kappa shape index (κ3) is 8.81. The minimum absolute atomic E-state index is 0.375. The maximum atomic E-state index is 13.9. The number of hydrogen-bond donors (Lipinski definition) is 1. The summed E-state index contributed by atoms with van der Waals surface area (Å²) >= 11 is 0. The molecule has 0 saturated heterocycles. The van der Waals surface area contributed by atoms with E-state index in [2.05, 4.69) is 39.5 Å². The van der Waals surface area contributed by atoms with Crippen LogP contribution in [0, 0.1) is 5.82 Å². The zero-order valence-corrected chi connectivity index (χ0v) is 22.6. The summed E-state index contributed by atoms with van der Waals surface area (Å²) < 4.78 is 13.9. The van der Waals surface area contributed by atoms with Gasteiger partial charge < -0.3 is 10.0 Å². The predicted octanol–water partition coefficient (Wildman–Crippen LogP) is 8.89. The fourth-order valence-electron chi connectivity index (χ4n) is 3.39. The third-order valence-electron chi connectivity index (χ3n) is 4.83. The largest absolute Gasteiger partial charge is 0.504 e. The van der Waals surface area contributed by atoms with Crippen LogP contribution in [0.1, 0.15) is 85.8 Å². The van der Waals surface area contributed by atoms with Crippen LogP contribution in [0.2, 0.25) is 0 Å². The molecule has 0 aliphatic carbocycles.